The molecule has 3 rings (SSSR count). The largest absolute Gasteiger partial charge is 0.366 e. The van der Waals surface area contributed by atoms with Crippen LogP contribution in [0.15, 0.2) is 18.2 Å². The van der Waals surface area contributed by atoms with Gasteiger partial charge in [0, 0.05) is 36.5 Å². The number of amides is 1. The van der Waals surface area contributed by atoms with Crippen molar-refractivity contribution in [2.45, 2.75) is 59.2 Å². The second-order valence-corrected chi connectivity index (χ2v) is 9.19. The number of fused-ring (bicyclic) bond motifs is 1. The average molecular weight is 481 g/mol. The van der Waals surface area contributed by atoms with E-state index >= 15 is 0 Å². The lowest BCUT2D eigenvalue weighted by molar-refractivity contribution is 0.146. The third-order valence-corrected chi connectivity index (χ3v) is 6.05. The van der Waals surface area contributed by atoms with Crippen LogP contribution in [0.25, 0.3) is 0 Å². The molecule has 0 spiro atoms. The molecule has 33 heavy (non-hydrogen) atoms. The van der Waals surface area contributed by atoms with E-state index in [9.17, 15) is 18.0 Å². The first kappa shape index (κ1) is 25.3. The van der Waals surface area contributed by atoms with Crippen molar-refractivity contribution < 1.29 is 18.0 Å². The number of hydrogen-bond donors (Lipinski definition) is 1. The lowest BCUT2D eigenvalue weighted by Gasteiger charge is -2.25. The predicted molar refractivity (Wildman–Crippen MR) is 126 cm³/mol. The van der Waals surface area contributed by atoms with E-state index < -0.39 is 17.8 Å². The Kier molecular flexibility index (Phi) is 8.62. The van der Waals surface area contributed by atoms with Gasteiger partial charge in [-0.1, -0.05) is 39.0 Å². The Balaban J connectivity index is 1.76. The number of rotatable bonds is 10. The highest BCUT2D eigenvalue weighted by atomic mass is 35.5. The molecule has 2 heterocycles. The number of nitrogens with zero attached hydrogens (tertiary/aromatic N) is 3. The highest BCUT2D eigenvalue weighted by molar-refractivity contribution is 6.89. The Morgan fingerprint density at radius 1 is 1.24 bits per heavy atom. The molecule has 0 saturated heterocycles. The number of halogens is 4. The minimum absolute atomic E-state index is 0.0244. The molecule has 0 bridgehead atoms. The van der Waals surface area contributed by atoms with E-state index in [0.29, 0.717) is 43.2 Å². The number of nitrogens with one attached hydrogen (secondary N) is 1. The van der Waals surface area contributed by atoms with Gasteiger partial charge < -0.3 is 10.2 Å². The zero-order chi connectivity index (χ0) is 24.1. The van der Waals surface area contributed by atoms with Gasteiger partial charge >= 0.3 is 0 Å². The summed E-state index contributed by atoms with van der Waals surface area (Å²) in [6.45, 7) is 7.44. The molecular formula is C23H29BClF3N4O. The zero-order valence-corrected chi connectivity index (χ0v) is 19.9. The van der Waals surface area contributed by atoms with E-state index in [1.165, 1.54) is 12.1 Å². The number of aromatic nitrogens is 2. The van der Waals surface area contributed by atoms with E-state index in [4.69, 9.17) is 11.6 Å². The molecule has 10 heteroatoms. The first-order valence-corrected chi connectivity index (χ1v) is 11.7. The molecule has 0 aliphatic carbocycles. The molecule has 0 fully saturated rings. The third kappa shape index (κ3) is 6.19. The summed E-state index contributed by atoms with van der Waals surface area (Å²) in [6.07, 6.45) is -0.161. The Morgan fingerprint density at radius 2 is 2.00 bits per heavy atom. The summed E-state index contributed by atoms with van der Waals surface area (Å²) in [5.41, 5.74) is 0.925. The first-order chi connectivity index (χ1) is 15.7. The summed E-state index contributed by atoms with van der Waals surface area (Å²) in [4.78, 5) is 23.7. The molecule has 0 saturated carbocycles. The van der Waals surface area contributed by atoms with E-state index in [0.717, 1.165) is 24.5 Å². The van der Waals surface area contributed by atoms with Crippen LogP contribution in [0.1, 0.15) is 62.4 Å². The predicted octanol–water partition coefficient (Wildman–Crippen LogP) is 5.95. The molecule has 5 nitrogen and oxygen atoms in total. The normalized spacial score (nSPS) is 13.1. The van der Waals surface area contributed by atoms with Crippen LogP contribution in [0.4, 0.5) is 23.8 Å². The van der Waals surface area contributed by atoms with Crippen LogP contribution in [-0.4, -0.2) is 40.5 Å². The third-order valence-electron chi connectivity index (χ3n) is 5.88. The molecule has 1 aromatic heterocycles. The minimum Gasteiger partial charge on any atom is -0.366 e. The monoisotopic (exact) mass is 480 g/mol. The van der Waals surface area contributed by atoms with Crippen molar-refractivity contribution in [1.29, 1.82) is 0 Å². The highest BCUT2D eigenvalue weighted by Gasteiger charge is 2.37. The summed E-state index contributed by atoms with van der Waals surface area (Å²) >= 11 is 6.10. The first-order valence-electron chi connectivity index (χ1n) is 11.3. The van der Waals surface area contributed by atoms with Gasteiger partial charge in [-0.25, -0.2) is 23.1 Å². The van der Waals surface area contributed by atoms with E-state index in [1.807, 2.05) is 4.90 Å². The van der Waals surface area contributed by atoms with Crippen LogP contribution < -0.4 is 5.32 Å². The standard InChI is InChI=1S/C23H29BClF3N4O/c1-4-9-32(10-8-14(2)3)22(33)24-11-17-18(12-24)30-23(25)31-21(17)29-13-15-6-5-7-16(19(15)26)20(27)28/h5-7,14,20H,4,8-13H2,1-3H3,(H,29,30,31). The summed E-state index contributed by atoms with van der Waals surface area (Å²) in [5.74, 6) is 0.0622. The molecular weight excluding hydrogens is 452 g/mol. The van der Waals surface area contributed by atoms with Gasteiger partial charge in [0.25, 0.3) is 13.1 Å². The molecule has 1 aromatic carbocycles. The van der Waals surface area contributed by atoms with Crippen molar-refractivity contribution >= 4 is 29.9 Å². The summed E-state index contributed by atoms with van der Waals surface area (Å²) in [5, 5.41) is 3.04. The molecule has 1 aliphatic heterocycles. The number of carbonyl (C=O) groups is 1. The van der Waals surface area contributed by atoms with E-state index in [-0.39, 0.29) is 29.9 Å². The van der Waals surface area contributed by atoms with E-state index in [2.05, 4.69) is 36.1 Å². The summed E-state index contributed by atoms with van der Waals surface area (Å²) < 4.78 is 40.4. The number of carbonyl (C=O) groups excluding carboxylic acids is 1. The Hall–Kier alpha value is -2.29. The van der Waals surface area contributed by atoms with Gasteiger partial charge in [-0.3, -0.25) is 4.79 Å². The second kappa shape index (κ2) is 11.2. The van der Waals surface area contributed by atoms with Gasteiger partial charge in [0.1, 0.15) is 11.6 Å². The second-order valence-electron chi connectivity index (χ2n) is 8.85. The van der Waals surface area contributed by atoms with Crippen LogP contribution in [0.2, 0.25) is 5.28 Å². The lowest BCUT2D eigenvalue weighted by Crippen LogP contribution is -2.43. The highest BCUT2D eigenvalue weighted by Crippen LogP contribution is 2.30. The van der Waals surface area contributed by atoms with Gasteiger partial charge in [-0.2, -0.15) is 0 Å². The lowest BCUT2D eigenvalue weighted by atomic mass is 9.46. The SMILES string of the molecule is CCCN(CCC(C)C)C(=O)B1Cc2nc(Cl)nc(NCc3cccc(C(F)F)c3F)c2C1. The van der Waals surface area contributed by atoms with Gasteiger partial charge in [-0.05, 0) is 43.0 Å². The number of anilines is 1. The van der Waals surface area contributed by atoms with Crippen LogP contribution in [-0.2, 0) is 19.2 Å². The quantitative estimate of drug-likeness (QED) is 0.337. The van der Waals surface area contributed by atoms with Crippen molar-refractivity contribution in [3.05, 3.63) is 51.7 Å². The van der Waals surface area contributed by atoms with Crippen molar-refractivity contribution in [2.75, 3.05) is 18.4 Å². The van der Waals surface area contributed by atoms with Crippen LogP contribution in [0.5, 0.6) is 0 Å². The Morgan fingerprint density at radius 3 is 2.67 bits per heavy atom. The number of alkyl halides is 2. The molecule has 0 atom stereocenters. The number of hydrogen-bond acceptors (Lipinski definition) is 4. The Labute approximate surface area is 198 Å². The zero-order valence-electron chi connectivity index (χ0n) is 19.2. The minimum atomic E-state index is -2.89. The molecule has 1 aliphatic rings. The smallest absolute Gasteiger partial charge is 0.266 e. The van der Waals surface area contributed by atoms with Gasteiger partial charge in [0.2, 0.25) is 5.28 Å². The topological polar surface area (TPSA) is 58.1 Å². The molecule has 178 valence electrons. The maximum Gasteiger partial charge on any atom is 0.266 e. The fraction of sp³-hybridized carbons (Fsp3) is 0.522. The van der Waals surface area contributed by atoms with Crippen LogP contribution >= 0.6 is 11.6 Å². The summed E-state index contributed by atoms with van der Waals surface area (Å²) in [6, 6.07) is 3.91. The summed E-state index contributed by atoms with van der Waals surface area (Å²) in [7, 11) is 0. The maximum absolute atomic E-state index is 14.4. The maximum atomic E-state index is 14.4. The molecule has 2 aromatic rings. The van der Waals surface area contributed by atoms with Gasteiger partial charge in [0.15, 0.2) is 5.81 Å². The van der Waals surface area contributed by atoms with Crippen molar-refractivity contribution in [3.8, 4) is 0 Å². The molecule has 1 amide bonds. The van der Waals surface area contributed by atoms with Crippen molar-refractivity contribution in [3.63, 3.8) is 0 Å². The van der Waals surface area contributed by atoms with Crippen LogP contribution in [0.3, 0.4) is 0 Å². The molecule has 1 N–H and O–H groups in total. The fourth-order valence-electron chi connectivity index (χ4n) is 4.11. The molecule has 0 unspecified atom stereocenters. The van der Waals surface area contributed by atoms with Crippen molar-refractivity contribution in [2.24, 2.45) is 5.92 Å². The van der Waals surface area contributed by atoms with Crippen molar-refractivity contribution in [1.82, 2.24) is 14.9 Å². The molecule has 0 radical (unpaired) electrons. The Bertz CT molecular complexity index is 992. The van der Waals surface area contributed by atoms with Gasteiger partial charge in [-0.15, -0.1) is 0 Å². The average Bonchev–Trinajstić information content (AvgIpc) is 3.19. The van der Waals surface area contributed by atoms with E-state index in [1.54, 1.807) is 0 Å². The number of benzene rings is 1. The fourth-order valence-corrected chi connectivity index (χ4v) is 4.30. The van der Waals surface area contributed by atoms with Crippen LogP contribution in [0, 0.1) is 11.7 Å². The van der Waals surface area contributed by atoms with Gasteiger partial charge in [0.05, 0.1) is 5.56 Å².